The second kappa shape index (κ2) is 7.23. The summed E-state index contributed by atoms with van der Waals surface area (Å²) in [5, 5.41) is 7.08. The van der Waals surface area contributed by atoms with Crippen LogP contribution in [-0.2, 0) is 6.42 Å². The Bertz CT molecular complexity index is 866. The van der Waals surface area contributed by atoms with Crippen molar-refractivity contribution in [3.63, 3.8) is 0 Å². The molecule has 0 spiro atoms. The minimum absolute atomic E-state index is 0.00245. The van der Waals surface area contributed by atoms with Gasteiger partial charge in [0.2, 0.25) is 11.7 Å². The van der Waals surface area contributed by atoms with E-state index in [0.717, 1.165) is 5.56 Å². The summed E-state index contributed by atoms with van der Waals surface area (Å²) in [6, 6.07) is 12.9. The van der Waals surface area contributed by atoms with Gasteiger partial charge < -0.3 is 9.84 Å². The highest BCUT2D eigenvalue weighted by Gasteiger charge is 2.12. The molecule has 0 saturated heterocycles. The Morgan fingerprint density at radius 2 is 2.04 bits per heavy atom. The predicted molar refractivity (Wildman–Crippen MR) is 87.2 cm³/mol. The molecule has 3 aromatic rings. The van der Waals surface area contributed by atoms with Gasteiger partial charge in [0.25, 0.3) is 5.91 Å². The van der Waals surface area contributed by atoms with Crippen LogP contribution in [0.5, 0.6) is 0 Å². The van der Waals surface area contributed by atoms with Crippen LogP contribution >= 0.6 is 11.6 Å². The van der Waals surface area contributed by atoms with Crippen molar-refractivity contribution in [2.24, 2.45) is 0 Å². The molecule has 0 bridgehead atoms. The first kappa shape index (κ1) is 16.1. The van der Waals surface area contributed by atoms with Crippen LogP contribution in [0.25, 0.3) is 11.4 Å². The van der Waals surface area contributed by atoms with Crippen molar-refractivity contribution in [1.82, 2.24) is 15.5 Å². The van der Waals surface area contributed by atoms with E-state index in [9.17, 15) is 9.18 Å². The Hall–Kier alpha value is -2.73. The molecule has 1 N–H and O–H groups in total. The van der Waals surface area contributed by atoms with Crippen LogP contribution in [0.15, 0.2) is 53.1 Å². The molecular formula is C17H13ClFN3O2. The molecule has 0 saturated carbocycles. The van der Waals surface area contributed by atoms with Gasteiger partial charge in [0.1, 0.15) is 5.82 Å². The fraction of sp³-hybridized carbons (Fsp3) is 0.118. The van der Waals surface area contributed by atoms with Gasteiger partial charge in [-0.3, -0.25) is 4.79 Å². The zero-order chi connectivity index (χ0) is 16.9. The third kappa shape index (κ3) is 3.78. The number of amides is 1. The van der Waals surface area contributed by atoms with Crippen LogP contribution in [0, 0.1) is 5.82 Å². The minimum atomic E-state index is -0.559. The molecule has 24 heavy (non-hydrogen) atoms. The van der Waals surface area contributed by atoms with Crippen LogP contribution in [0.1, 0.15) is 16.2 Å². The highest BCUT2D eigenvalue weighted by Crippen LogP contribution is 2.19. The van der Waals surface area contributed by atoms with Crippen LogP contribution in [-0.4, -0.2) is 22.6 Å². The van der Waals surface area contributed by atoms with Gasteiger partial charge >= 0.3 is 0 Å². The van der Waals surface area contributed by atoms with Gasteiger partial charge in [0, 0.05) is 23.6 Å². The van der Waals surface area contributed by atoms with Crippen molar-refractivity contribution in [3.8, 4) is 11.4 Å². The Balaban J connectivity index is 1.58. The molecule has 0 unspecified atom stereocenters. The maximum Gasteiger partial charge on any atom is 0.254 e. The molecule has 3 rings (SSSR count). The second-order valence-corrected chi connectivity index (χ2v) is 5.44. The first-order valence-electron chi connectivity index (χ1n) is 7.25. The molecule has 5 nitrogen and oxygen atoms in total. The highest BCUT2D eigenvalue weighted by atomic mass is 35.5. The van der Waals surface area contributed by atoms with E-state index < -0.39 is 11.7 Å². The van der Waals surface area contributed by atoms with Gasteiger partial charge in [-0.2, -0.15) is 4.98 Å². The summed E-state index contributed by atoms with van der Waals surface area (Å²) in [6.45, 7) is 0.254. The number of aromatic nitrogens is 2. The summed E-state index contributed by atoms with van der Waals surface area (Å²) in [5.41, 5.74) is 0.746. The van der Waals surface area contributed by atoms with Crippen molar-refractivity contribution in [1.29, 1.82) is 0 Å². The normalized spacial score (nSPS) is 10.6. The molecule has 0 aliphatic heterocycles. The van der Waals surface area contributed by atoms with Crippen molar-refractivity contribution in [2.45, 2.75) is 6.42 Å². The summed E-state index contributed by atoms with van der Waals surface area (Å²) in [6.07, 6.45) is 0.341. The number of halogens is 2. The number of hydrogen-bond donors (Lipinski definition) is 1. The zero-order valence-electron chi connectivity index (χ0n) is 12.5. The third-order valence-electron chi connectivity index (χ3n) is 3.29. The molecule has 122 valence electrons. The summed E-state index contributed by atoms with van der Waals surface area (Å²) in [7, 11) is 0. The highest BCUT2D eigenvalue weighted by molar-refractivity contribution is 6.30. The molecule has 1 heterocycles. The quantitative estimate of drug-likeness (QED) is 0.768. The standard InChI is InChI=1S/C17H13ClFN3O2/c18-12-5-3-4-11(10-12)16-21-15(24-22-16)8-9-20-17(23)13-6-1-2-7-14(13)19/h1-7,10H,8-9H2,(H,20,23). The first-order chi connectivity index (χ1) is 11.6. The number of carbonyl (C=O) groups is 1. The van der Waals surface area contributed by atoms with Gasteiger partial charge in [-0.15, -0.1) is 0 Å². The average molecular weight is 346 g/mol. The Morgan fingerprint density at radius 3 is 2.83 bits per heavy atom. The van der Waals surface area contributed by atoms with Crippen LogP contribution in [0.4, 0.5) is 4.39 Å². The lowest BCUT2D eigenvalue weighted by molar-refractivity contribution is 0.0949. The average Bonchev–Trinajstić information content (AvgIpc) is 3.04. The molecule has 0 aliphatic rings. The molecule has 0 atom stereocenters. The summed E-state index contributed by atoms with van der Waals surface area (Å²) in [4.78, 5) is 16.1. The fourth-order valence-electron chi connectivity index (χ4n) is 2.12. The van der Waals surface area contributed by atoms with Crippen LogP contribution in [0.3, 0.4) is 0 Å². The molecule has 0 aliphatic carbocycles. The monoisotopic (exact) mass is 345 g/mol. The van der Waals surface area contributed by atoms with E-state index in [4.69, 9.17) is 16.1 Å². The molecule has 0 radical (unpaired) electrons. The molecule has 1 amide bonds. The number of carbonyl (C=O) groups excluding carboxylic acids is 1. The van der Waals surface area contributed by atoms with E-state index in [0.29, 0.717) is 23.2 Å². The van der Waals surface area contributed by atoms with E-state index in [1.54, 1.807) is 24.3 Å². The first-order valence-corrected chi connectivity index (χ1v) is 7.62. The summed E-state index contributed by atoms with van der Waals surface area (Å²) >= 11 is 5.93. The van der Waals surface area contributed by atoms with Gasteiger partial charge in [0.05, 0.1) is 5.56 Å². The summed E-state index contributed by atoms with van der Waals surface area (Å²) < 4.78 is 18.6. The molecule has 2 aromatic carbocycles. The lowest BCUT2D eigenvalue weighted by atomic mass is 10.2. The maximum absolute atomic E-state index is 13.5. The molecular weight excluding hydrogens is 333 g/mol. The Morgan fingerprint density at radius 1 is 1.21 bits per heavy atom. The van der Waals surface area contributed by atoms with Gasteiger partial charge in [-0.05, 0) is 24.3 Å². The smallest absolute Gasteiger partial charge is 0.254 e. The van der Waals surface area contributed by atoms with Crippen LogP contribution in [0.2, 0.25) is 5.02 Å². The van der Waals surface area contributed by atoms with Crippen molar-refractivity contribution < 1.29 is 13.7 Å². The lowest BCUT2D eigenvalue weighted by Gasteiger charge is -2.04. The van der Waals surface area contributed by atoms with E-state index in [1.165, 1.54) is 18.2 Å². The number of rotatable bonds is 5. The van der Waals surface area contributed by atoms with Crippen LogP contribution < -0.4 is 5.32 Å². The number of hydrogen-bond acceptors (Lipinski definition) is 4. The van der Waals surface area contributed by atoms with Gasteiger partial charge in [0.15, 0.2) is 0 Å². The van der Waals surface area contributed by atoms with E-state index in [2.05, 4.69) is 15.5 Å². The minimum Gasteiger partial charge on any atom is -0.351 e. The van der Waals surface area contributed by atoms with Crippen molar-refractivity contribution in [3.05, 3.63) is 70.8 Å². The molecule has 1 aromatic heterocycles. The van der Waals surface area contributed by atoms with E-state index in [-0.39, 0.29) is 12.1 Å². The predicted octanol–water partition coefficient (Wildman–Crippen LogP) is 3.50. The van der Waals surface area contributed by atoms with E-state index in [1.807, 2.05) is 6.07 Å². The second-order valence-electron chi connectivity index (χ2n) is 5.01. The maximum atomic E-state index is 13.5. The fourth-order valence-corrected chi connectivity index (χ4v) is 2.32. The molecule has 7 heteroatoms. The Kier molecular flexibility index (Phi) is 4.86. The third-order valence-corrected chi connectivity index (χ3v) is 3.53. The largest absolute Gasteiger partial charge is 0.351 e. The number of benzene rings is 2. The SMILES string of the molecule is O=C(NCCc1nc(-c2cccc(Cl)c2)no1)c1ccccc1F. The summed E-state index contributed by atoms with van der Waals surface area (Å²) in [5.74, 6) is -0.245. The van der Waals surface area contributed by atoms with Gasteiger partial charge in [-0.1, -0.05) is 41.0 Å². The topological polar surface area (TPSA) is 68.0 Å². The zero-order valence-corrected chi connectivity index (χ0v) is 13.3. The number of nitrogens with zero attached hydrogens (tertiary/aromatic N) is 2. The molecule has 0 fully saturated rings. The lowest BCUT2D eigenvalue weighted by Crippen LogP contribution is -2.26. The Labute approximate surface area is 142 Å². The number of nitrogens with one attached hydrogen (secondary N) is 1. The van der Waals surface area contributed by atoms with Crippen molar-refractivity contribution in [2.75, 3.05) is 6.54 Å². The van der Waals surface area contributed by atoms with Crippen molar-refractivity contribution >= 4 is 17.5 Å². The van der Waals surface area contributed by atoms with E-state index >= 15 is 0 Å². The van der Waals surface area contributed by atoms with Gasteiger partial charge in [-0.25, -0.2) is 4.39 Å².